The summed E-state index contributed by atoms with van der Waals surface area (Å²) in [6.45, 7) is 7.10. The predicted octanol–water partition coefficient (Wildman–Crippen LogP) is 3.78. The van der Waals surface area contributed by atoms with Crippen LogP contribution in [0.3, 0.4) is 0 Å². The van der Waals surface area contributed by atoms with Crippen molar-refractivity contribution in [2.24, 2.45) is 10.2 Å². The summed E-state index contributed by atoms with van der Waals surface area (Å²) in [5, 5.41) is 44.2. The molecule has 0 radical (unpaired) electrons. The maximum Gasteiger partial charge on any atom is 0.323 e. The summed E-state index contributed by atoms with van der Waals surface area (Å²) in [5.74, 6) is -1.13. The number of fused-ring (bicyclic) bond motifs is 1. The molecule has 212 valence electrons. The molecular weight excluding hydrogens is 552 g/mol. The van der Waals surface area contributed by atoms with Gasteiger partial charge in [0.1, 0.15) is 18.7 Å². The lowest BCUT2D eigenvalue weighted by atomic mass is 9.91. The predicted molar refractivity (Wildman–Crippen MR) is 142 cm³/mol. The molecule has 0 amide bonds. The molecule has 0 spiro atoms. The summed E-state index contributed by atoms with van der Waals surface area (Å²) < 4.78 is 34.7. The zero-order valence-electron chi connectivity index (χ0n) is 22.6. The van der Waals surface area contributed by atoms with Gasteiger partial charge >= 0.3 is 5.97 Å². The lowest BCUT2D eigenvalue weighted by Crippen LogP contribution is -2.13. The third-order valence-electron chi connectivity index (χ3n) is 6.24. The number of aliphatic carboxylic acids is 1. The average Bonchev–Trinajstić information content (AvgIpc) is 3.56. The Bertz CT molecular complexity index is 1860. The Balaban J connectivity index is 1.68. The van der Waals surface area contributed by atoms with Crippen molar-refractivity contribution in [3.63, 3.8) is 0 Å². The first-order valence-electron chi connectivity index (χ1n) is 12.3. The third-order valence-corrected chi connectivity index (χ3v) is 7.08. The van der Waals surface area contributed by atoms with E-state index in [2.05, 4.69) is 30.4 Å². The highest BCUT2D eigenvalue weighted by Crippen LogP contribution is 2.35. The van der Waals surface area contributed by atoms with Crippen molar-refractivity contribution in [3.05, 3.63) is 52.7 Å². The fraction of sp³-hybridized carbons (Fsp3) is 0.360. The third kappa shape index (κ3) is 6.13. The first-order valence-corrected chi connectivity index (χ1v) is 13.8. The van der Waals surface area contributed by atoms with Crippen molar-refractivity contribution in [2.45, 2.75) is 63.3 Å². The number of azo groups is 1. The van der Waals surface area contributed by atoms with Gasteiger partial charge in [-0.15, -0.1) is 15.3 Å². The average molecular weight is 579 g/mol. The van der Waals surface area contributed by atoms with Gasteiger partial charge in [-0.2, -0.15) is 28.6 Å². The van der Waals surface area contributed by atoms with Crippen LogP contribution in [-0.2, 0) is 33.3 Å². The number of benzene rings is 1. The number of nitrogens with one attached hydrogen (secondary N) is 1. The number of hydrogen-bond donors (Lipinski definition) is 3. The maximum atomic E-state index is 11.5. The van der Waals surface area contributed by atoms with Crippen LogP contribution in [0.25, 0.3) is 5.65 Å². The molecule has 4 rings (SSSR count). The largest absolute Gasteiger partial charge is 0.480 e. The molecule has 1 aromatic carbocycles. The highest BCUT2D eigenvalue weighted by molar-refractivity contribution is 7.85. The molecule has 41 heavy (non-hydrogen) atoms. The van der Waals surface area contributed by atoms with E-state index in [-0.39, 0.29) is 28.1 Å². The van der Waals surface area contributed by atoms with Crippen LogP contribution in [0, 0.1) is 22.7 Å². The van der Waals surface area contributed by atoms with E-state index in [1.54, 1.807) is 24.3 Å². The van der Waals surface area contributed by atoms with Crippen LogP contribution in [0.1, 0.15) is 68.5 Å². The van der Waals surface area contributed by atoms with Crippen LogP contribution in [-0.4, -0.2) is 53.4 Å². The molecular formula is C25H26N10O5S. The van der Waals surface area contributed by atoms with Gasteiger partial charge in [-0.1, -0.05) is 39.8 Å². The summed E-state index contributed by atoms with van der Waals surface area (Å²) in [5.41, 5.74) is 1.09. The van der Waals surface area contributed by atoms with Crippen LogP contribution >= 0.6 is 0 Å². The molecule has 1 atom stereocenters. The van der Waals surface area contributed by atoms with Gasteiger partial charge in [0.05, 0.1) is 10.6 Å². The quantitative estimate of drug-likeness (QED) is 0.192. The highest BCUT2D eigenvalue weighted by Gasteiger charge is 2.27. The van der Waals surface area contributed by atoms with Gasteiger partial charge in [0.25, 0.3) is 16.1 Å². The fourth-order valence-electron chi connectivity index (χ4n) is 4.12. The van der Waals surface area contributed by atoms with Crippen LogP contribution < -0.4 is 0 Å². The number of aromatic amines is 1. The van der Waals surface area contributed by atoms with E-state index in [1.165, 1.54) is 16.8 Å². The first-order chi connectivity index (χ1) is 19.2. The molecule has 0 fully saturated rings. The lowest BCUT2D eigenvalue weighted by molar-refractivity contribution is -0.137. The minimum Gasteiger partial charge on any atom is -0.480 e. The number of rotatable bonds is 9. The fourth-order valence-corrected chi connectivity index (χ4v) is 4.67. The number of hydrogen-bond acceptors (Lipinski definition) is 10. The van der Waals surface area contributed by atoms with Gasteiger partial charge in [-0.05, 0) is 30.5 Å². The van der Waals surface area contributed by atoms with Gasteiger partial charge in [-0.25, -0.2) is 4.98 Å². The zero-order valence-corrected chi connectivity index (χ0v) is 23.4. The molecule has 16 heteroatoms. The van der Waals surface area contributed by atoms with Gasteiger partial charge in [0, 0.05) is 11.3 Å². The molecule has 15 nitrogen and oxygen atoms in total. The smallest absolute Gasteiger partial charge is 0.323 e. The van der Waals surface area contributed by atoms with E-state index >= 15 is 0 Å². The summed E-state index contributed by atoms with van der Waals surface area (Å²) in [7, 11) is -4.30. The Kier molecular flexibility index (Phi) is 7.74. The molecule has 0 bridgehead atoms. The molecule has 4 aromatic rings. The zero-order chi connectivity index (χ0) is 30.1. The van der Waals surface area contributed by atoms with Crippen LogP contribution in [0.5, 0.6) is 0 Å². The van der Waals surface area contributed by atoms with Crippen molar-refractivity contribution in [1.82, 2.24) is 29.4 Å². The van der Waals surface area contributed by atoms with Crippen LogP contribution in [0.15, 0.2) is 39.4 Å². The topological polar surface area (TPSA) is 228 Å². The number of aryl methyl sites for hydroxylation is 1. The molecule has 3 N–H and O–H groups in total. The summed E-state index contributed by atoms with van der Waals surface area (Å²) in [4.78, 5) is 19.8. The second kappa shape index (κ2) is 10.9. The van der Waals surface area contributed by atoms with E-state index in [4.69, 9.17) is 0 Å². The number of H-pyrrole nitrogens is 1. The van der Waals surface area contributed by atoms with Crippen molar-refractivity contribution in [1.29, 1.82) is 10.5 Å². The SMILES string of the molecule is CC(CCc1cccc(S(=O)(=O)O)c1)c1nc2c(N=Nc3nc(C#N)c(C#N)n3CC(=O)O)c(C(C)(C)C)[nH]n2n1. The van der Waals surface area contributed by atoms with Gasteiger partial charge in [-0.3, -0.25) is 19.0 Å². The molecule has 0 aliphatic rings. The van der Waals surface area contributed by atoms with Crippen molar-refractivity contribution in [2.75, 3.05) is 0 Å². The minimum atomic E-state index is -4.30. The van der Waals surface area contributed by atoms with Crippen LogP contribution in [0.2, 0.25) is 0 Å². The normalized spacial score (nSPS) is 13.0. The Morgan fingerprint density at radius 2 is 1.93 bits per heavy atom. The molecule has 0 aliphatic carbocycles. The maximum absolute atomic E-state index is 11.5. The number of carboxylic acid groups (broad SMARTS) is 1. The number of carboxylic acids is 1. The van der Waals surface area contributed by atoms with Crippen molar-refractivity contribution < 1.29 is 22.9 Å². The second-order valence-corrected chi connectivity index (χ2v) is 11.8. The monoisotopic (exact) mass is 578 g/mol. The van der Waals surface area contributed by atoms with E-state index in [0.29, 0.717) is 35.7 Å². The number of carbonyl (C=O) groups is 1. The molecule has 0 saturated carbocycles. The summed E-state index contributed by atoms with van der Waals surface area (Å²) in [6.07, 6.45) is 1.08. The first kappa shape index (κ1) is 29.1. The highest BCUT2D eigenvalue weighted by atomic mass is 32.2. The number of imidazole rings is 1. The number of nitriles is 2. The van der Waals surface area contributed by atoms with E-state index in [1.807, 2.05) is 27.7 Å². The van der Waals surface area contributed by atoms with E-state index < -0.39 is 28.0 Å². The Morgan fingerprint density at radius 1 is 1.20 bits per heavy atom. The summed E-state index contributed by atoms with van der Waals surface area (Å²) in [6, 6.07) is 9.63. The standard InChI is InChI=1S/C25H26N10O5S/c1-14(8-9-15-6-5-7-16(10-15)41(38,39)40)22-29-23-20(21(25(2,3)4)32-35(23)33-22)30-31-24-28-17(11-26)18(12-27)34(24)13-19(36)37/h5-7,10,14,32H,8-9,13H2,1-4H3,(H,36,37)(H,38,39,40). The number of aromatic nitrogens is 6. The van der Waals surface area contributed by atoms with E-state index in [9.17, 15) is 33.4 Å². The molecule has 0 saturated heterocycles. The summed E-state index contributed by atoms with van der Waals surface area (Å²) >= 11 is 0. The Morgan fingerprint density at radius 3 is 2.54 bits per heavy atom. The molecule has 1 unspecified atom stereocenters. The molecule has 0 aliphatic heterocycles. The minimum absolute atomic E-state index is 0.147. The lowest BCUT2D eigenvalue weighted by Gasteiger charge is -2.16. The molecule has 3 heterocycles. The van der Waals surface area contributed by atoms with E-state index in [0.717, 1.165) is 10.1 Å². The number of nitrogens with zero attached hydrogens (tertiary/aromatic N) is 9. The van der Waals surface area contributed by atoms with Gasteiger partial charge in [0.2, 0.25) is 5.65 Å². The van der Waals surface area contributed by atoms with Crippen molar-refractivity contribution in [3.8, 4) is 12.1 Å². The Hall–Kier alpha value is -4.93. The Labute approximate surface area is 234 Å². The molecule has 3 aromatic heterocycles. The van der Waals surface area contributed by atoms with Crippen LogP contribution in [0.4, 0.5) is 11.6 Å². The van der Waals surface area contributed by atoms with Crippen molar-refractivity contribution >= 4 is 33.4 Å². The second-order valence-electron chi connectivity index (χ2n) is 10.4. The van der Waals surface area contributed by atoms with Gasteiger partial charge < -0.3 is 5.11 Å². The van der Waals surface area contributed by atoms with Gasteiger partial charge in [0.15, 0.2) is 22.9 Å².